The van der Waals surface area contributed by atoms with Crippen molar-refractivity contribution in [2.24, 2.45) is 0 Å². The van der Waals surface area contributed by atoms with Crippen LogP contribution in [0.3, 0.4) is 0 Å². The summed E-state index contributed by atoms with van der Waals surface area (Å²) in [6.45, 7) is 5.22. The zero-order chi connectivity index (χ0) is 17.8. The van der Waals surface area contributed by atoms with Gasteiger partial charge in [0, 0.05) is 30.5 Å². The van der Waals surface area contributed by atoms with Gasteiger partial charge in [0.2, 0.25) is 0 Å². The SMILES string of the molecule is CCN(C(=O)c1ccc([N+](=O)[O-])cc1Cl)C(C)CS(=O)(=O)CC. The van der Waals surface area contributed by atoms with Crippen molar-refractivity contribution in [2.45, 2.75) is 26.8 Å². The van der Waals surface area contributed by atoms with E-state index in [0.29, 0.717) is 6.54 Å². The van der Waals surface area contributed by atoms with Crippen LogP contribution in [0.4, 0.5) is 5.69 Å². The van der Waals surface area contributed by atoms with Crippen molar-refractivity contribution in [1.82, 2.24) is 4.90 Å². The number of carbonyl (C=O) groups is 1. The average molecular weight is 363 g/mol. The van der Waals surface area contributed by atoms with E-state index in [0.717, 1.165) is 6.07 Å². The molecule has 1 atom stereocenters. The molecule has 1 aromatic rings. The minimum atomic E-state index is -3.23. The van der Waals surface area contributed by atoms with Gasteiger partial charge in [0.25, 0.3) is 11.6 Å². The summed E-state index contributed by atoms with van der Waals surface area (Å²) in [6, 6.07) is 3.06. The van der Waals surface area contributed by atoms with Crippen LogP contribution in [0.2, 0.25) is 5.02 Å². The molecule has 9 heteroatoms. The molecule has 0 bridgehead atoms. The van der Waals surface area contributed by atoms with E-state index in [1.807, 2.05) is 0 Å². The molecule has 1 aromatic carbocycles. The Labute approximate surface area is 140 Å². The molecule has 0 spiro atoms. The summed E-state index contributed by atoms with van der Waals surface area (Å²) >= 11 is 5.96. The summed E-state index contributed by atoms with van der Waals surface area (Å²) in [5.74, 6) is -0.596. The monoisotopic (exact) mass is 362 g/mol. The van der Waals surface area contributed by atoms with Crippen LogP contribution >= 0.6 is 11.6 Å². The summed E-state index contributed by atoms with van der Waals surface area (Å²) in [4.78, 5) is 24.1. The molecular formula is C14H19ClN2O5S. The zero-order valence-electron chi connectivity index (χ0n) is 13.2. The predicted molar refractivity (Wildman–Crippen MR) is 88.6 cm³/mol. The van der Waals surface area contributed by atoms with E-state index >= 15 is 0 Å². The number of nitro benzene ring substituents is 1. The quantitative estimate of drug-likeness (QED) is 0.548. The number of non-ortho nitro benzene ring substituents is 1. The van der Waals surface area contributed by atoms with E-state index in [-0.39, 0.29) is 27.8 Å². The number of sulfone groups is 1. The predicted octanol–water partition coefficient (Wildman–Crippen LogP) is 2.53. The van der Waals surface area contributed by atoms with Crippen molar-refractivity contribution in [3.8, 4) is 0 Å². The topological polar surface area (TPSA) is 97.6 Å². The van der Waals surface area contributed by atoms with Crippen molar-refractivity contribution >= 4 is 33.0 Å². The van der Waals surface area contributed by atoms with Crippen LogP contribution in [-0.2, 0) is 9.84 Å². The standard InChI is InChI=1S/C14H19ClN2O5S/c1-4-16(10(3)9-23(21,22)5-2)14(18)12-7-6-11(17(19)20)8-13(12)15/h6-8,10H,4-5,9H2,1-3H3. The smallest absolute Gasteiger partial charge is 0.270 e. The van der Waals surface area contributed by atoms with Gasteiger partial charge in [0.1, 0.15) is 0 Å². The summed E-state index contributed by atoms with van der Waals surface area (Å²) in [6.07, 6.45) is 0. The molecule has 0 saturated carbocycles. The molecule has 0 aromatic heterocycles. The molecule has 0 heterocycles. The molecule has 1 unspecified atom stereocenters. The second-order valence-corrected chi connectivity index (χ2v) is 7.87. The van der Waals surface area contributed by atoms with Gasteiger partial charge in [0.15, 0.2) is 9.84 Å². The molecule has 0 fully saturated rings. The van der Waals surface area contributed by atoms with E-state index in [9.17, 15) is 23.3 Å². The maximum Gasteiger partial charge on any atom is 0.270 e. The van der Waals surface area contributed by atoms with Crippen LogP contribution in [0.1, 0.15) is 31.1 Å². The third kappa shape index (κ3) is 4.90. The summed E-state index contributed by atoms with van der Waals surface area (Å²) < 4.78 is 23.5. The average Bonchev–Trinajstić information content (AvgIpc) is 2.47. The first-order valence-electron chi connectivity index (χ1n) is 7.08. The van der Waals surface area contributed by atoms with E-state index in [4.69, 9.17) is 11.6 Å². The van der Waals surface area contributed by atoms with Crippen LogP contribution in [0, 0.1) is 10.1 Å². The number of halogens is 1. The number of hydrogen-bond donors (Lipinski definition) is 0. The number of nitrogens with zero attached hydrogens (tertiary/aromatic N) is 2. The maximum atomic E-state index is 12.6. The summed E-state index contributed by atoms with van der Waals surface area (Å²) in [7, 11) is -3.23. The van der Waals surface area contributed by atoms with Gasteiger partial charge in [-0.3, -0.25) is 14.9 Å². The van der Waals surface area contributed by atoms with Crippen LogP contribution in [0.25, 0.3) is 0 Å². The highest BCUT2D eigenvalue weighted by atomic mass is 35.5. The fourth-order valence-corrected chi connectivity index (χ4v) is 3.58. The number of amides is 1. The molecule has 0 aliphatic heterocycles. The number of nitro groups is 1. The Balaban J connectivity index is 3.07. The molecule has 0 saturated heterocycles. The highest BCUT2D eigenvalue weighted by Gasteiger charge is 2.26. The van der Waals surface area contributed by atoms with E-state index in [2.05, 4.69) is 0 Å². The minimum absolute atomic E-state index is 0.00136. The van der Waals surface area contributed by atoms with E-state index in [1.54, 1.807) is 20.8 Å². The van der Waals surface area contributed by atoms with Gasteiger partial charge in [-0.05, 0) is 19.9 Å². The van der Waals surface area contributed by atoms with Gasteiger partial charge >= 0.3 is 0 Å². The van der Waals surface area contributed by atoms with Crippen LogP contribution in [0.15, 0.2) is 18.2 Å². The van der Waals surface area contributed by atoms with E-state index in [1.165, 1.54) is 17.0 Å². The minimum Gasteiger partial charge on any atom is -0.335 e. The van der Waals surface area contributed by atoms with Crippen molar-refractivity contribution in [1.29, 1.82) is 0 Å². The van der Waals surface area contributed by atoms with Crippen LogP contribution < -0.4 is 0 Å². The van der Waals surface area contributed by atoms with Crippen molar-refractivity contribution in [3.63, 3.8) is 0 Å². The molecule has 1 amide bonds. The fourth-order valence-electron chi connectivity index (χ4n) is 2.18. The normalized spacial score (nSPS) is 12.7. The van der Waals surface area contributed by atoms with Gasteiger partial charge in [-0.15, -0.1) is 0 Å². The lowest BCUT2D eigenvalue weighted by Crippen LogP contribution is -2.42. The van der Waals surface area contributed by atoms with E-state index < -0.39 is 26.7 Å². The molecular weight excluding hydrogens is 344 g/mol. The lowest BCUT2D eigenvalue weighted by molar-refractivity contribution is -0.384. The summed E-state index contributed by atoms with van der Waals surface area (Å²) in [5.41, 5.74) is -0.101. The van der Waals surface area contributed by atoms with Gasteiger partial charge in [-0.1, -0.05) is 18.5 Å². The Morgan fingerprint density at radius 2 is 2.00 bits per heavy atom. The molecule has 128 valence electrons. The highest BCUT2D eigenvalue weighted by Crippen LogP contribution is 2.24. The largest absolute Gasteiger partial charge is 0.335 e. The zero-order valence-corrected chi connectivity index (χ0v) is 14.7. The number of hydrogen-bond acceptors (Lipinski definition) is 5. The fraction of sp³-hybridized carbons (Fsp3) is 0.500. The molecule has 0 aliphatic carbocycles. The van der Waals surface area contributed by atoms with Crippen LogP contribution in [0.5, 0.6) is 0 Å². The van der Waals surface area contributed by atoms with Gasteiger partial charge in [0.05, 0.1) is 21.3 Å². The number of carbonyl (C=O) groups excluding carboxylic acids is 1. The van der Waals surface area contributed by atoms with Crippen molar-refractivity contribution in [3.05, 3.63) is 38.9 Å². The number of rotatable bonds is 7. The Morgan fingerprint density at radius 3 is 2.43 bits per heavy atom. The molecule has 0 aliphatic rings. The second-order valence-electron chi connectivity index (χ2n) is 5.06. The molecule has 1 rings (SSSR count). The Hall–Kier alpha value is -1.67. The molecule has 0 N–H and O–H groups in total. The number of benzene rings is 1. The third-order valence-corrected chi connectivity index (χ3v) is 5.65. The molecule has 23 heavy (non-hydrogen) atoms. The molecule has 7 nitrogen and oxygen atoms in total. The van der Waals surface area contributed by atoms with Gasteiger partial charge in [-0.25, -0.2) is 8.42 Å². The maximum absolute atomic E-state index is 12.6. The third-order valence-electron chi connectivity index (χ3n) is 3.46. The lowest BCUT2D eigenvalue weighted by Gasteiger charge is -2.28. The van der Waals surface area contributed by atoms with Gasteiger partial charge < -0.3 is 4.90 Å². The second kappa shape index (κ2) is 7.74. The van der Waals surface area contributed by atoms with Gasteiger partial charge in [-0.2, -0.15) is 0 Å². The van der Waals surface area contributed by atoms with Crippen molar-refractivity contribution < 1.29 is 18.1 Å². The Kier molecular flexibility index (Phi) is 6.52. The Morgan fingerprint density at radius 1 is 1.39 bits per heavy atom. The van der Waals surface area contributed by atoms with Crippen molar-refractivity contribution in [2.75, 3.05) is 18.1 Å². The highest BCUT2D eigenvalue weighted by molar-refractivity contribution is 7.91. The molecule has 0 radical (unpaired) electrons. The Bertz CT molecular complexity index is 705. The first kappa shape index (κ1) is 19.4. The first-order valence-corrected chi connectivity index (χ1v) is 9.28. The summed E-state index contributed by atoms with van der Waals surface area (Å²) in [5, 5.41) is 10.7. The lowest BCUT2D eigenvalue weighted by atomic mass is 10.1. The van der Waals surface area contributed by atoms with Crippen LogP contribution in [-0.4, -0.2) is 48.2 Å². The first-order chi connectivity index (χ1) is 10.6.